The summed E-state index contributed by atoms with van der Waals surface area (Å²) in [6.07, 6.45) is 1.13. The smallest absolute Gasteiger partial charge is 0.122 e. The van der Waals surface area contributed by atoms with Crippen molar-refractivity contribution in [2.45, 2.75) is 46.0 Å². The van der Waals surface area contributed by atoms with Crippen molar-refractivity contribution in [2.75, 3.05) is 18.5 Å². The molecule has 1 N–H and O–H groups in total. The Morgan fingerprint density at radius 1 is 0.913 bits per heavy atom. The predicted octanol–water partition coefficient (Wildman–Crippen LogP) is 5.81. The molecule has 2 aromatic rings. The van der Waals surface area contributed by atoms with Gasteiger partial charge in [-0.3, -0.25) is 0 Å². The van der Waals surface area contributed by atoms with E-state index in [0.717, 1.165) is 18.7 Å². The third-order valence-corrected chi connectivity index (χ3v) is 4.32. The molecule has 0 spiro atoms. The number of benzene rings is 2. The zero-order chi connectivity index (χ0) is 16.7. The second kappa shape index (κ2) is 8.61. The highest BCUT2D eigenvalue weighted by molar-refractivity contribution is 5.52. The van der Waals surface area contributed by atoms with Gasteiger partial charge in [-0.25, -0.2) is 0 Å². The van der Waals surface area contributed by atoms with Crippen molar-refractivity contribution in [3.8, 4) is 5.75 Å². The van der Waals surface area contributed by atoms with E-state index in [-0.39, 0.29) is 0 Å². The molecule has 0 aliphatic carbocycles. The Morgan fingerprint density at radius 2 is 1.57 bits per heavy atom. The van der Waals surface area contributed by atoms with Crippen molar-refractivity contribution in [3.63, 3.8) is 0 Å². The molecule has 0 saturated carbocycles. The van der Waals surface area contributed by atoms with Gasteiger partial charge in [0.15, 0.2) is 0 Å². The number of nitrogens with one attached hydrogen (secondary N) is 1. The molecule has 0 heterocycles. The van der Waals surface area contributed by atoms with Crippen LogP contribution in [0.15, 0.2) is 48.5 Å². The van der Waals surface area contributed by atoms with Gasteiger partial charge in [0.05, 0.1) is 0 Å². The van der Waals surface area contributed by atoms with Crippen LogP contribution in [0.25, 0.3) is 0 Å². The van der Waals surface area contributed by atoms with Gasteiger partial charge in [0.1, 0.15) is 12.4 Å². The molecule has 2 nitrogen and oxygen atoms in total. The quantitative estimate of drug-likeness (QED) is 0.621. The highest BCUT2D eigenvalue weighted by Gasteiger charge is 2.09. The summed E-state index contributed by atoms with van der Waals surface area (Å²) in [5, 5.41) is 3.50. The number of rotatable bonds is 8. The maximum Gasteiger partial charge on any atom is 0.122 e. The van der Waals surface area contributed by atoms with Gasteiger partial charge in [0, 0.05) is 12.2 Å². The molecule has 1 unspecified atom stereocenters. The first-order chi connectivity index (χ1) is 11.1. The maximum atomic E-state index is 6.02. The molecule has 0 aliphatic rings. The summed E-state index contributed by atoms with van der Waals surface area (Å²) in [4.78, 5) is 0. The fourth-order valence-corrected chi connectivity index (χ4v) is 2.75. The van der Waals surface area contributed by atoms with Crippen LogP contribution in [0.2, 0.25) is 0 Å². The molecular weight excluding hydrogens is 282 g/mol. The Labute approximate surface area is 140 Å². The number of hydrogen-bond acceptors (Lipinski definition) is 2. The molecule has 2 rings (SSSR count). The molecule has 0 amide bonds. The van der Waals surface area contributed by atoms with Crippen LogP contribution in [0.4, 0.5) is 5.69 Å². The Hall–Kier alpha value is -1.96. The van der Waals surface area contributed by atoms with Crippen LogP contribution in [0.3, 0.4) is 0 Å². The van der Waals surface area contributed by atoms with Crippen molar-refractivity contribution in [1.82, 2.24) is 0 Å². The first kappa shape index (κ1) is 17.4. The Kier molecular flexibility index (Phi) is 6.52. The van der Waals surface area contributed by atoms with E-state index in [0.29, 0.717) is 18.4 Å². The molecule has 23 heavy (non-hydrogen) atoms. The lowest BCUT2D eigenvalue weighted by Crippen LogP contribution is -2.13. The van der Waals surface area contributed by atoms with Gasteiger partial charge in [-0.2, -0.15) is 0 Å². The molecule has 2 heteroatoms. The van der Waals surface area contributed by atoms with Crippen molar-refractivity contribution >= 4 is 5.69 Å². The lowest BCUT2D eigenvalue weighted by Gasteiger charge is -2.17. The molecule has 0 saturated heterocycles. The van der Waals surface area contributed by atoms with Crippen LogP contribution in [0.1, 0.15) is 57.1 Å². The van der Waals surface area contributed by atoms with E-state index in [1.165, 1.54) is 16.8 Å². The molecule has 2 aromatic carbocycles. The van der Waals surface area contributed by atoms with Crippen LogP contribution >= 0.6 is 0 Å². The van der Waals surface area contributed by atoms with E-state index >= 15 is 0 Å². The van der Waals surface area contributed by atoms with Gasteiger partial charge in [-0.1, -0.05) is 64.1 Å². The van der Waals surface area contributed by atoms with Crippen LogP contribution in [-0.2, 0) is 0 Å². The first-order valence-corrected chi connectivity index (χ1v) is 8.68. The topological polar surface area (TPSA) is 21.3 Å². The minimum atomic E-state index is 0.519. The second-order valence-corrected chi connectivity index (χ2v) is 6.36. The van der Waals surface area contributed by atoms with Gasteiger partial charge in [0.2, 0.25) is 0 Å². The van der Waals surface area contributed by atoms with Crippen molar-refractivity contribution in [2.24, 2.45) is 0 Å². The number of para-hydroxylation sites is 2. The van der Waals surface area contributed by atoms with Gasteiger partial charge >= 0.3 is 0 Å². The molecule has 124 valence electrons. The van der Waals surface area contributed by atoms with Crippen LogP contribution in [-0.4, -0.2) is 13.2 Å². The molecule has 1 atom stereocenters. The standard InChI is InChI=1S/C21H29NO/c1-5-17(4)19-11-7-9-13-21(19)23-15-14-22-20-12-8-6-10-18(20)16(2)3/h6-13,16-17,22H,5,14-15H2,1-4H3. The molecule has 0 radical (unpaired) electrons. The van der Waals surface area contributed by atoms with Crippen molar-refractivity contribution in [1.29, 1.82) is 0 Å². The predicted molar refractivity (Wildman–Crippen MR) is 99.7 cm³/mol. The normalized spacial score (nSPS) is 12.2. The molecule has 0 aromatic heterocycles. The monoisotopic (exact) mass is 311 g/mol. The Bertz CT molecular complexity index is 606. The average Bonchev–Trinajstić information content (AvgIpc) is 2.58. The largest absolute Gasteiger partial charge is 0.491 e. The van der Waals surface area contributed by atoms with E-state index in [2.05, 4.69) is 75.5 Å². The van der Waals surface area contributed by atoms with Gasteiger partial charge in [-0.05, 0) is 41.5 Å². The van der Waals surface area contributed by atoms with Crippen LogP contribution < -0.4 is 10.1 Å². The van der Waals surface area contributed by atoms with Crippen molar-refractivity contribution in [3.05, 3.63) is 59.7 Å². The fourth-order valence-electron chi connectivity index (χ4n) is 2.75. The van der Waals surface area contributed by atoms with Gasteiger partial charge in [0.25, 0.3) is 0 Å². The lowest BCUT2D eigenvalue weighted by molar-refractivity contribution is 0.327. The molecule has 0 bridgehead atoms. The van der Waals surface area contributed by atoms with E-state index in [4.69, 9.17) is 4.74 Å². The molecule has 0 fully saturated rings. The first-order valence-electron chi connectivity index (χ1n) is 8.68. The zero-order valence-corrected chi connectivity index (χ0v) is 14.8. The number of hydrogen-bond donors (Lipinski definition) is 1. The second-order valence-electron chi connectivity index (χ2n) is 6.36. The summed E-state index contributed by atoms with van der Waals surface area (Å²) < 4.78 is 6.02. The molecule has 0 aliphatic heterocycles. The van der Waals surface area contributed by atoms with E-state index in [1.807, 2.05) is 6.07 Å². The Morgan fingerprint density at radius 3 is 2.26 bits per heavy atom. The summed E-state index contributed by atoms with van der Waals surface area (Å²) in [5.74, 6) is 2.06. The van der Waals surface area contributed by atoms with Gasteiger partial charge < -0.3 is 10.1 Å². The third-order valence-electron chi connectivity index (χ3n) is 4.32. The lowest BCUT2D eigenvalue weighted by atomic mass is 9.98. The van der Waals surface area contributed by atoms with E-state index in [1.54, 1.807) is 0 Å². The summed E-state index contributed by atoms with van der Waals surface area (Å²) in [5.41, 5.74) is 3.87. The summed E-state index contributed by atoms with van der Waals surface area (Å²) in [6.45, 7) is 10.4. The minimum absolute atomic E-state index is 0.519. The highest BCUT2D eigenvalue weighted by Crippen LogP contribution is 2.28. The van der Waals surface area contributed by atoms with Crippen LogP contribution in [0.5, 0.6) is 5.75 Å². The van der Waals surface area contributed by atoms with Gasteiger partial charge in [-0.15, -0.1) is 0 Å². The fraction of sp³-hybridized carbons (Fsp3) is 0.429. The molecular formula is C21H29NO. The average molecular weight is 311 g/mol. The van der Waals surface area contributed by atoms with E-state index < -0.39 is 0 Å². The zero-order valence-electron chi connectivity index (χ0n) is 14.8. The third kappa shape index (κ3) is 4.75. The minimum Gasteiger partial charge on any atom is -0.491 e. The van der Waals surface area contributed by atoms with E-state index in [9.17, 15) is 0 Å². The SMILES string of the molecule is CCC(C)c1ccccc1OCCNc1ccccc1C(C)C. The summed E-state index contributed by atoms with van der Waals surface area (Å²) >= 11 is 0. The highest BCUT2D eigenvalue weighted by atomic mass is 16.5. The Balaban J connectivity index is 1.92. The summed E-state index contributed by atoms with van der Waals surface area (Å²) in [7, 11) is 0. The maximum absolute atomic E-state index is 6.02. The number of anilines is 1. The summed E-state index contributed by atoms with van der Waals surface area (Å²) in [6, 6.07) is 16.9. The number of ether oxygens (including phenoxy) is 1. The van der Waals surface area contributed by atoms with Crippen molar-refractivity contribution < 1.29 is 4.74 Å². The van der Waals surface area contributed by atoms with Crippen LogP contribution in [0, 0.1) is 0 Å².